The minimum absolute atomic E-state index is 0.0846. The lowest BCUT2D eigenvalue weighted by Gasteiger charge is -2.15. The van der Waals surface area contributed by atoms with E-state index in [9.17, 15) is 13.2 Å². The van der Waals surface area contributed by atoms with Crippen LogP contribution in [0.3, 0.4) is 0 Å². The summed E-state index contributed by atoms with van der Waals surface area (Å²) in [6.45, 7) is 0.362. The van der Waals surface area contributed by atoms with Crippen molar-refractivity contribution in [2.45, 2.75) is 12.7 Å². The fraction of sp³-hybridized carbons (Fsp3) is 0.133. The zero-order chi connectivity index (χ0) is 16.2. The molecule has 2 aromatic rings. The number of hydrogen-bond acceptors (Lipinski definition) is 1. The Hall–Kier alpha value is -1.79. The van der Waals surface area contributed by atoms with Crippen LogP contribution in [-0.4, -0.2) is 5.11 Å². The van der Waals surface area contributed by atoms with E-state index in [0.717, 1.165) is 11.6 Å². The smallest absolute Gasteiger partial charge is 0.358 e. The molecule has 0 aliphatic heterocycles. The first-order chi connectivity index (χ1) is 10.4. The predicted molar refractivity (Wildman–Crippen MR) is 86.0 cm³/mol. The van der Waals surface area contributed by atoms with Crippen LogP contribution in [0.15, 0.2) is 48.5 Å². The summed E-state index contributed by atoms with van der Waals surface area (Å²) in [5.41, 5.74) is 0.0289. The third-order valence-corrected chi connectivity index (χ3v) is 3.30. The van der Waals surface area contributed by atoms with Gasteiger partial charge in [0.05, 0.1) is 11.3 Å². The molecule has 0 unspecified atom stereocenters. The number of benzene rings is 2. The number of hydrogen-bond donors (Lipinski definition) is 2. The second-order valence-corrected chi connectivity index (χ2v) is 5.33. The average Bonchev–Trinajstić information content (AvgIpc) is 2.45. The fourth-order valence-corrected chi connectivity index (χ4v) is 2.23. The molecule has 22 heavy (non-hydrogen) atoms. The standard InChI is InChI=1S/C15H12ClF3N2S/c16-11-5-3-4-10(8-11)9-20-14(22)21-13-7-2-1-6-12(13)15(17,18)19/h1-8H,9H2,(H2,20,21,22). The lowest BCUT2D eigenvalue weighted by atomic mass is 10.1. The number of rotatable bonds is 3. The molecule has 0 aromatic heterocycles. The van der Waals surface area contributed by atoms with Crippen LogP contribution in [-0.2, 0) is 12.7 Å². The molecule has 0 saturated heterocycles. The van der Waals surface area contributed by atoms with E-state index in [1.807, 2.05) is 6.07 Å². The Morgan fingerprint density at radius 2 is 1.82 bits per heavy atom. The van der Waals surface area contributed by atoms with Gasteiger partial charge < -0.3 is 10.6 Å². The molecule has 2 N–H and O–H groups in total. The van der Waals surface area contributed by atoms with Crippen LogP contribution in [0.5, 0.6) is 0 Å². The third-order valence-electron chi connectivity index (χ3n) is 2.82. The SMILES string of the molecule is FC(F)(F)c1ccccc1NC(=S)NCc1cccc(Cl)c1. The van der Waals surface area contributed by atoms with Gasteiger partial charge in [0.15, 0.2) is 5.11 Å². The molecule has 0 aliphatic rings. The summed E-state index contributed by atoms with van der Waals surface area (Å²) in [5.74, 6) is 0. The van der Waals surface area contributed by atoms with Gasteiger partial charge in [-0.2, -0.15) is 13.2 Å². The molecule has 0 amide bonds. The van der Waals surface area contributed by atoms with Crippen LogP contribution in [0.25, 0.3) is 0 Å². The maximum Gasteiger partial charge on any atom is 0.418 e. The van der Waals surface area contributed by atoms with Crippen molar-refractivity contribution in [1.29, 1.82) is 0 Å². The van der Waals surface area contributed by atoms with E-state index in [4.69, 9.17) is 23.8 Å². The topological polar surface area (TPSA) is 24.1 Å². The molecule has 0 heterocycles. The largest absolute Gasteiger partial charge is 0.418 e. The van der Waals surface area contributed by atoms with Gasteiger partial charge >= 0.3 is 6.18 Å². The summed E-state index contributed by atoms with van der Waals surface area (Å²) in [4.78, 5) is 0. The molecular formula is C15H12ClF3N2S. The van der Waals surface area contributed by atoms with Crippen LogP contribution in [0.2, 0.25) is 5.02 Å². The summed E-state index contributed by atoms with van der Waals surface area (Å²) < 4.78 is 38.6. The predicted octanol–water partition coefficient (Wildman–Crippen LogP) is 4.85. The van der Waals surface area contributed by atoms with Crippen LogP contribution in [0.4, 0.5) is 18.9 Å². The zero-order valence-corrected chi connectivity index (χ0v) is 12.8. The maximum absolute atomic E-state index is 12.9. The molecule has 0 aliphatic carbocycles. The van der Waals surface area contributed by atoms with Crippen LogP contribution >= 0.6 is 23.8 Å². The summed E-state index contributed by atoms with van der Waals surface area (Å²) >= 11 is 10.9. The van der Waals surface area contributed by atoms with E-state index in [-0.39, 0.29) is 10.8 Å². The van der Waals surface area contributed by atoms with Crippen molar-refractivity contribution in [3.8, 4) is 0 Å². The summed E-state index contributed by atoms with van der Waals surface area (Å²) in [6.07, 6.45) is -4.44. The van der Waals surface area contributed by atoms with Gasteiger partial charge in [-0.15, -0.1) is 0 Å². The first-order valence-electron chi connectivity index (χ1n) is 6.32. The highest BCUT2D eigenvalue weighted by molar-refractivity contribution is 7.80. The van der Waals surface area contributed by atoms with Crippen molar-refractivity contribution < 1.29 is 13.2 Å². The van der Waals surface area contributed by atoms with Crippen molar-refractivity contribution in [3.05, 3.63) is 64.7 Å². The minimum Gasteiger partial charge on any atom is -0.358 e. The van der Waals surface area contributed by atoms with Crippen molar-refractivity contribution in [2.24, 2.45) is 0 Å². The van der Waals surface area contributed by atoms with Gasteiger partial charge in [0, 0.05) is 11.6 Å². The Labute approximate surface area is 136 Å². The van der Waals surface area contributed by atoms with Gasteiger partial charge in [-0.05, 0) is 42.0 Å². The van der Waals surface area contributed by atoms with E-state index in [2.05, 4.69) is 10.6 Å². The molecule has 0 bridgehead atoms. The number of alkyl halides is 3. The molecule has 0 saturated carbocycles. The van der Waals surface area contributed by atoms with Gasteiger partial charge in [0.2, 0.25) is 0 Å². The number of thiocarbonyl (C=S) groups is 1. The van der Waals surface area contributed by atoms with Gasteiger partial charge in [-0.25, -0.2) is 0 Å². The molecule has 0 radical (unpaired) electrons. The van der Waals surface area contributed by atoms with Crippen molar-refractivity contribution in [1.82, 2.24) is 5.32 Å². The summed E-state index contributed by atoms with van der Waals surface area (Å²) in [6, 6.07) is 12.3. The minimum atomic E-state index is -4.44. The Balaban J connectivity index is 2.01. The first kappa shape index (κ1) is 16.6. The van der Waals surface area contributed by atoms with Gasteiger partial charge in [0.25, 0.3) is 0 Å². The molecule has 0 spiro atoms. The number of anilines is 1. The van der Waals surface area contributed by atoms with E-state index in [1.54, 1.807) is 18.2 Å². The second kappa shape index (κ2) is 6.98. The molecule has 116 valence electrons. The number of nitrogens with one attached hydrogen (secondary N) is 2. The van der Waals surface area contributed by atoms with Crippen molar-refractivity contribution >= 4 is 34.6 Å². The van der Waals surface area contributed by atoms with Crippen LogP contribution in [0.1, 0.15) is 11.1 Å². The number of halogens is 4. The Morgan fingerprint density at radius 1 is 1.09 bits per heavy atom. The van der Waals surface area contributed by atoms with Crippen LogP contribution < -0.4 is 10.6 Å². The van der Waals surface area contributed by atoms with Crippen molar-refractivity contribution in [2.75, 3.05) is 5.32 Å². The Bertz CT molecular complexity index is 674. The molecule has 2 aromatic carbocycles. The highest BCUT2D eigenvalue weighted by atomic mass is 35.5. The molecule has 0 fully saturated rings. The first-order valence-corrected chi connectivity index (χ1v) is 7.10. The Morgan fingerprint density at radius 3 is 2.50 bits per heavy atom. The fourth-order valence-electron chi connectivity index (χ4n) is 1.84. The summed E-state index contributed by atoms with van der Waals surface area (Å²) in [5, 5.41) is 6.11. The molecule has 2 nitrogen and oxygen atoms in total. The Kier molecular flexibility index (Phi) is 5.26. The van der Waals surface area contributed by atoms with Gasteiger partial charge in [0.1, 0.15) is 0 Å². The highest BCUT2D eigenvalue weighted by Crippen LogP contribution is 2.34. The van der Waals surface area contributed by atoms with Crippen LogP contribution in [0, 0.1) is 0 Å². The molecular weight excluding hydrogens is 333 g/mol. The molecule has 0 atom stereocenters. The lowest BCUT2D eigenvalue weighted by molar-refractivity contribution is -0.136. The lowest BCUT2D eigenvalue weighted by Crippen LogP contribution is -2.28. The average molecular weight is 345 g/mol. The highest BCUT2D eigenvalue weighted by Gasteiger charge is 2.33. The van der Waals surface area contributed by atoms with E-state index in [0.29, 0.717) is 11.6 Å². The maximum atomic E-state index is 12.9. The van der Waals surface area contributed by atoms with E-state index < -0.39 is 11.7 Å². The van der Waals surface area contributed by atoms with Gasteiger partial charge in [-0.3, -0.25) is 0 Å². The normalized spacial score (nSPS) is 11.1. The van der Waals surface area contributed by atoms with Crippen molar-refractivity contribution in [3.63, 3.8) is 0 Å². The molecule has 7 heteroatoms. The zero-order valence-electron chi connectivity index (χ0n) is 11.2. The third kappa shape index (κ3) is 4.61. The van der Waals surface area contributed by atoms with E-state index >= 15 is 0 Å². The van der Waals surface area contributed by atoms with Gasteiger partial charge in [-0.1, -0.05) is 35.9 Å². The van der Waals surface area contributed by atoms with E-state index in [1.165, 1.54) is 18.2 Å². The summed E-state index contributed by atoms with van der Waals surface area (Å²) in [7, 11) is 0. The molecule has 2 rings (SSSR count). The number of para-hydroxylation sites is 1. The quantitative estimate of drug-likeness (QED) is 0.779. The monoisotopic (exact) mass is 344 g/mol. The second-order valence-electron chi connectivity index (χ2n) is 4.48.